The maximum Gasteiger partial charge on any atom is 0.315 e. The van der Waals surface area contributed by atoms with Crippen molar-refractivity contribution in [1.29, 1.82) is 0 Å². The molecule has 2 amide bonds. The number of urea groups is 1. The molecule has 3 aromatic rings. The first kappa shape index (κ1) is 24.8. The molecule has 0 fully saturated rings. The number of amides is 2. The molecule has 7 nitrogen and oxygen atoms in total. The van der Waals surface area contributed by atoms with E-state index >= 15 is 0 Å². The number of aliphatic carboxylic acids is 1. The molecular weight excluding hydrogens is 484 g/mol. The fourth-order valence-corrected chi connectivity index (χ4v) is 5.54. The first-order valence-corrected chi connectivity index (χ1v) is 13.1. The average Bonchev–Trinajstić information content (AvgIpc) is 3.34. The molecule has 35 heavy (non-hydrogen) atoms. The van der Waals surface area contributed by atoms with Gasteiger partial charge in [0.15, 0.2) is 11.5 Å². The number of carboxylic acids is 1. The number of ether oxygens (including phenoxy) is 2. The minimum Gasteiger partial charge on any atom is -0.481 e. The minimum atomic E-state index is -1.01. The normalized spacial score (nSPS) is 12.8. The van der Waals surface area contributed by atoms with Crippen molar-refractivity contribution in [3.63, 3.8) is 0 Å². The molecule has 1 aliphatic rings. The van der Waals surface area contributed by atoms with Gasteiger partial charge >= 0.3 is 12.0 Å². The lowest BCUT2D eigenvalue weighted by Gasteiger charge is -2.22. The van der Waals surface area contributed by atoms with Crippen LogP contribution < -0.4 is 20.1 Å². The lowest BCUT2D eigenvalue weighted by Crippen LogP contribution is -2.46. The van der Waals surface area contributed by atoms with Gasteiger partial charge in [-0.25, -0.2) is 4.79 Å². The fourth-order valence-electron chi connectivity index (χ4n) is 3.50. The summed E-state index contributed by atoms with van der Waals surface area (Å²) in [4.78, 5) is 26.7. The second-order valence-corrected chi connectivity index (χ2v) is 10.0. The Morgan fingerprint density at radius 2 is 1.43 bits per heavy atom. The number of carbonyl (C=O) groups excluding carboxylic acids is 1. The van der Waals surface area contributed by atoms with Gasteiger partial charge in [-0.2, -0.15) is 0 Å². The number of hydrogen-bond acceptors (Lipinski definition) is 6. The molecule has 0 spiro atoms. The quantitative estimate of drug-likeness (QED) is 0.306. The van der Waals surface area contributed by atoms with Gasteiger partial charge in [0, 0.05) is 27.3 Å². The number of benzene rings is 3. The van der Waals surface area contributed by atoms with Crippen LogP contribution in [0.15, 0.2) is 88.7 Å². The summed E-state index contributed by atoms with van der Waals surface area (Å²) in [6.45, 7) is 0.121. The van der Waals surface area contributed by atoms with E-state index in [4.69, 9.17) is 9.47 Å². The average molecular weight is 511 g/mol. The largest absolute Gasteiger partial charge is 0.481 e. The third-order valence-electron chi connectivity index (χ3n) is 5.21. The van der Waals surface area contributed by atoms with Crippen molar-refractivity contribution in [1.82, 2.24) is 10.6 Å². The molecule has 0 bridgehead atoms. The Morgan fingerprint density at radius 3 is 2.03 bits per heavy atom. The van der Waals surface area contributed by atoms with Gasteiger partial charge in [0.05, 0.1) is 12.5 Å². The van der Waals surface area contributed by atoms with E-state index in [1.807, 2.05) is 60.7 Å². The van der Waals surface area contributed by atoms with Crippen molar-refractivity contribution in [3.05, 3.63) is 84.4 Å². The Labute approximate surface area is 212 Å². The molecule has 0 saturated carbocycles. The predicted octanol–water partition coefficient (Wildman–Crippen LogP) is 5.18. The number of carboxylic acid groups (broad SMARTS) is 1. The molecule has 0 saturated heterocycles. The molecule has 3 N–H and O–H groups in total. The van der Waals surface area contributed by atoms with Gasteiger partial charge in [-0.05, 0) is 42.0 Å². The highest BCUT2D eigenvalue weighted by atomic mass is 32.2. The molecular formula is C26H26N2O5S2. The van der Waals surface area contributed by atoms with E-state index in [9.17, 15) is 14.7 Å². The Kier molecular flexibility index (Phi) is 8.80. The summed E-state index contributed by atoms with van der Waals surface area (Å²) in [5.74, 6) is 1.47. The van der Waals surface area contributed by atoms with Crippen LogP contribution in [0.2, 0.25) is 0 Å². The van der Waals surface area contributed by atoms with Gasteiger partial charge in [-0.1, -0.05) is 42.5 Å². The highest BCUT2D eigenvalue weighted by Gasteiger charge is 2.23. The smallest absolute Gasteiger partial charge is 0.315 e. The molecule has 3 aromatic carbocycles. The molecule has 0 aliphatic carbocycles. The maximum absolute atomic E-state index is 13.0. The Balaban J connectivity index is 1.42. The van der Waals surface area contributed by atoms with E-state index in [2.05, 4.69) is 10.6 Å². The minimum absolute atomic E-state index is 0.121. The number of fused-ring (bicyclic) bond motifs is 1. The van der Waals surface area contributed by atoms with Crippen molar-refractivity contribution in [3.8, 4) is 11.5 Å². The van der Waals surface area contributed by atoms with Crippen LogP contribution in [0.4, 0.5) is 4.79 Å². The number of carbonyl (C=O) groups is 2. The van der Waals surface area contributed by atoms with Gasteiger partial charge in [0.2, 0.25) is 6.79 Å². The monoisotopic (exact) mass is 510 g/mol. The van der Waals surface area contributed by atoms with Gasteiger partial charge in [-0.3, -0.25) is 4.79 Å². The van der Waals surface area contributed by atoms with E-state index in [1.54, 1.807) is 41.7 Å². The second-order valence-electron chi connectivity index (χ2n) is 7.83. The lowest BCUT2D eigenvalue weighted by atomic mass is 10.0. The molecule has 0 radical (unpaired) electrons. The van der Waals surface area contributed by atoms with Crippen LogP contribution in [0.3, 0.4) is 0 Å². The number of nitrogens with one attached hydrogen (secondary N) is 2. The highest BCUT2D eigenvalue weighted by molar-refractivity contribution is 8.00. The van der Waals surface area contributed by atoms with Crippen LogP contribution in [0.1, 0.15) is 18.0 Å². The van der Waals surface area contributed by atoms with Crippen LogP contribution >= 0.6 is 23.5 Å². The third-order valence-corrected chi connectivity index (χ3v) is 7.56. The molecule has 0 unspecified atom stereocenters. The predicted molar refractivity (Wildman–Crippen MR) is 137 cm³/mol. The van der Waals surface area contributed by atoms with E-state index in [0.717, 1.165) is 9.79 Å². The Hall–Kier alpha value is -3.30. The summed E-state index contributed by atoms with van der Waals surface area (Å²) in [6.07, 6.45) is -0.255. The van der Waals surface area contributed by atoms with Crippen LogP contribution in [-0.4, -0.2) is 41.4 Å². The molecule has 9 heteroatoms. The fraction of sp³-hybridized carbons (Fsp3) is 0.231. The second kappa shape index (κ2) is 12.4. The molecule has 1 heterocycles. The Morgan fingerprint density at radius 1 is 0.829 bits per heavy atom. The summed E-state index contributed by atoms with van der Waals surface area (Å²) in [5.41, 5.74) is 0.640. The van der Waals surface area contributed by atoms with Crippen LogP contribution in [0, 0.1) is 0 Å². The van der Waals surface area contributed by atoms with Gasteiger partial charge in [0.1, 0.15) is 0 Å². The van der Waals surface area contributed by atoms with E-state index in [1.165, 1.54) is 0 Å². The van der Waals surface area contributed by atoms with Gasteiger partial charge < -0.3 is 25.2 Å². The number of rotatable bonds is 11. The zero-order valence-corrected chi connectivity index (χ0v) is 20.5. The van der Waals surface area contributed by atoms with Crippen molar-refractivity contribution >= 4 is 35.5 Å². The molecule has 182 valence electrons. The van der Waals surface area contributed by atoms with Crippen molar-refractivity contribution < 1.29 is 24.2 Å². The van der Waals surface area contributed by atoms with Crippen LogP contribution in [0.5, 0.6) is 11.5 Å². The lowest BCUT2D eigenvalue weighted by molar-refractivity contribution is -0.137. The standard InChI is InChI=1S/C26H26N2O5S2/c29-25(30)14-22(18-11-12-23-24(13-18)33-17-32-23)28-26(31)27-19(15-34-20-7-3-1-4-8-20)16-35-21-9-5-2-6-10-21/h1-13,19,22H,14-17H2,(H,29,30)(H2,27,28,31)/t22-/m0/s1. The van der Waals surface area contributed by atoms with E-state index in [0.29, 0.717) is 28.6 Å². The topological polar surface area (TPSA) is 96.9 Å². The third kappa shape index (κ3) is 7.60. The molecule has 4 rings (SSSR count). The van der Waals surface area contributed by atoms with Crippen molar-refractivity contribution in [2.75, 3.05) is 18.3 Å². The Bertz CT molecular complexity index is 1090. The van der Waals surface area contributed by atoms with Crippen LogP contribution in [0.25, 0.3) is 0 Å². The van der Waals surface area contributed by atoms with E-state index in [-0.39, 0.29) is 19.3 Å². The van der Waals surface area contributed by atoms with Gasteiger partial charge in [-0.15, -0.1) is 23.5 Å². The number of thioether (sulfide) groups is 2. The summed E-state index contributed by atoms with van der Waals surface area (Å²) < 4.78 is 10.7. The summed E-state index contributed by atoms with van der Waals surface area (Å²) >= 11 is 3.33. The summed E-state index contributed by atoms with van der Waals surface area (Å²) in [7, 11) is 0. The first-order chi connectivity index (χ1) is 17.1. The SMILES string of the molecule is O=C(O)C[C@H](NC(=O)NC(CSc1ccccc1)CSc1ccccc1)c1ccc2c(c1)OCO2. The van der Waals surface area contributed by atoms with Crippen molar-refractivity contribution in [2.45, 2.75) is 28.3 Å². The van der Waals surface area contributed by atoms with Crippen LogP contribution in [-0.2, 0) is 4.79 Å². The molecule has 1 aliphatic heterocycles. The van der Waals surface area contributed by atoms with Crippen molar-refractivity contribution in [2.24, 2.45) is 0 Å². The molecule has 0 aromatic heterocycles. The highest BCUT2D eigenvalue weighted by Crippen LogP contribution is 2.35. The summed E-state index contributed by atoms with van der Waals surface area (Å²) in [5, 5.41) is 15.3. The molecule has 1 atom stereocenters. The first-order valence-electron chi connectivity index (χ1n) is 11.1. The zero-order chi connectivity index (χ0) is 24.5. The van der Waals surface area contributed by atoms with E-state index < -0.39 is 18.0 Å². The summed E-state index contributed by atoms with van der Waals surface area (Å²) in [6, 6.07) is 23.9. The maximum atomic E-state index is 13.0. The van der Waals surface area contributed by atoms with Gasteiger partial charge in [0.25, 0.3) is 0 Å². The number of hydrogen-bond donors (Lipinski definition) is 3. The zero-order valence-electron chi connectivity index (χ0n) is 18.9.